The lowest BCUT2D eigenvalue weighted by molar-refractivity contribution is -0.116. The Labute approximate surface area is 117 Å². The van der Waals surface area contributed by atoms with Crippen LogP contribution in [-0.2, 0) is 4.79 Å². The van der Waals surface area contributed by atoms with Crippen molar-refractivity contribution in [1.82, 2.24) is 10.3 Å². The summed E-state index contributed by atoms with van der Waals surface area (Å²) in [7, 11) is 0. The second-order valence-corrected chi connectivity index (χ2v) is 5.11. The van der Waals surface area contributed by atoms with E-state index < -0.39 is 0 Å². The zero-order valence-electron chi connectivity index (χ0n) is 11.6. The molecular formula is C16H18N2O2. The molecule has 2 rings (SSSR count). The van der Waals surface area contributed by atoms with E-state index >= 15 is 0 Å². The number of carbonyl (C=O) groups is 1. The predicted octanol–water partition coefficient (Wildman–Crippen LogP) is 2.31. The molecule has 0 saturated carbocycles. The first-order chi connectivity index (χ1) is 9.56. The highest BCUT2D eigenvalue weighted by Crippen LogP contribution is 2.10. The van der Waals surface area contributed by atoms with Gasteiger partial charge in [0.2, 0.25) is 5.91 Å². The van der Waals surface area contributed by atoms with Crippen molar-refractivity contribution in [3.8, 4) is 0 Å². The highest BCUT2D eigenvalue weighted by molar-refractivity contribution is 5.92. The Morgan fingerprint density at radius 3 is 2.85 bits per heavy atom. The molecule has 0 aliphatic heterocycles. The topological polar surface area (TPSA) is 62.0 Å². The van der Waals surface area contributed by atoms with E-state index in [0.717, 1.165) is 10.9 Å². The van der Waals surface area contributed by atoms with E-state index in [1.54, 1.807) is 12.1 Å². The minimum Gasteiger partial charge on any atom is -0.352 e. The fraction of sp³-hybridized carbons (Fsp3) is 0.250. The molecule has 0 spiro atoms. The summed E-state index contributed by atoms with van der Waals surface area (Å²) in [6.07, 6.45) is 2.93. The standard InChI is InChI=1S/C16H18N2O2/c1-11(2)10-17-15(19)8-7-13-9-12-5-3-4-6-14(12)18-16(13)20/h3-9,11H,10H2,1-2H3,(H,17,19)(H,18,20)/b8-7+. The molecule has 2 N–H and O–H groups in total. The number of benzene rings is 1. The number of pyridine rings is 1. The third-order valence-corrected chi connectivity index (χ3v) is 2.88. The number of hydrogen-bond donors (Lipinski definition) is 2. The summed E-state index contributed by atoms with van der Waals surface area (Å²) in [5.41, 5.74) is 1.07. The van der Waals surface area contributed by atoms with Crippen molar-refractivity contribution in [3.63, 3.8) is 0 Å². The second-order valence-electron chi connectivity index (χ2n) is 5.11. The van der Waals surface area contributed by atoms with Crippen LogP contribution in [-0.4, -0.2) is 17.4 Å². The maximum absolute atomic E-state index is 11.9. The number of H-pyrrole nitrogens is 1. The van der Waals surface area contributed by atoms with Crippen molar-refractivity contribution in [3.05, 3.63) is 52.3 Å². The Bertz CT molecular complexity index is 699. The molecule has 0 aliphatic carbocycles. The molecule has 104 valence electrons. The summed E-state index contributed by atoms with van der Waals surface area (Å²) in [5.74, 6) is 0.211. The molecule has 1 aromatic carbocycles. The van der Waals surface area contributed by atoms with Crippen LogP contribution in [0.1, 0.15) is 19.4 Å². The van der Waals surface area contributed by atoms with Gasteiger partial charge >= 0.3 is 0 Å². The van der Waals surface area contributed by atoms with Gasteiger partial charge in [-0.15, -0.1) is 0 Å². The first kappa shape index (κ1) is 14.1. The minimum absolute atomic E-state index is 0.189. The van der Waals surface area contributed by atoms with Gasteiger partial charge in [-0.05, 0) is 29.5 Å². The van der Waals surface area contributed by atoms with Crippen LogP contribution in [0.4, 0.5) is 0 Å². The van der Waals surface area contributed by atoms with Crippen LogP contribution in [0.15, 0.2) is 41.2 Å². The number of para-hydroxylation sites is 1. The SMILES string of the molecule is CC(C)CNC(=O)/C=C/c1cc2ccccc2[nH]c1=O. The minimum atomic E-state index is -0.198. The Balaban J connectivity index is 2.19. The Kier molecular flexibility index (Phi) is 4.35. The molecule has 1 amide bonds. The number of nitrogens with one attached hydrogen (secondary N) is 2. The van der Waals surface area contributed by atoms with E-state index in [9.17, 15) is 9.59 Å². The first-order valence-electron chi connectivity index (χ1n) is 6.64. The Morgan fingerprint density at radius 1 is 1.35 bits per heavy atom. The molecule has 0 aliphatic rings. The molecule has 1 heterocycles. The van der Waals surface area contributed by atoms with Gasteiger partial charge in [0.05, 0.1) is 0 Å². The van der Waals surface area contributed by atoms with Gasteiger partial charge < -0.3 is 10.3 Å². The maximum atomic E-state index is 11.9. The third-order valence-electron chi connectivity index (χ3n) is 2.88. The van der Waals surface area contributed by atoms with Gasteiger partial charge in [-0.25, -0.2) is 0 Å². The number of amides is 1. The lowest BCUT2D eigenvalue weighted by atomic mass is 10.1. The molecule has 0 fully saturated rings. The number of hydrogen-bond acceptors (Lipinski definition) is 2. The lowest BCUT2D eigenvalue weighted by Crippen LogP contribution is -2.25. The smallest absolute Gasteiger partial charge is 0.255 e. The number of fused-ring (bicyclic) bond motifs is 1. The van der Waals surface area contributed by atoms with E-state index in [0.29, 0.717) is 18.0 Å². The molecule has 0 unspecified atom stereocenters. The summed E-state index contributed by atoms with van der Waals surface area (Å²) in [5, 5.41) is 3.71. The summed E-state index contributed by atoms with van der Waals surface area (Å²) >= 11 is 0. The van der Waals surface area contributed by atoms with Gasteiger partial charge in [0.15, 0.2) is 0 Å². The summed E-state index contributed by atoms with van der Waals surface area (Å²) in [6.45, 7) is 4.67. The van der Waals surface area contributed by atoms with E-state index in [-0.39, 0.29) is 11.5 Å². The van der Waals surface area contributed by atoms with E-state index in [1.165, 1.54) is 6.08 Å². The van der Waals surface area contributed by atoms with Crippen LogP contribution >= 0.6 is 0 Å². The van der Waals surface area contributed by atoms with E-state index in [1.807, 2.05) is 38.1 Å². The average molecular weight is 270 g/mol. The van der Waals surface area contributed by atoms with E-state index in [2.05, 4.69) is 10.3 Å². The van der Waals surface area contributed by atoms with Gasteiger partial charge in [-0.3, -0.25) is 9.59 Å². The number of aromatic nitrogens is 1. The molecule has 0 bridgehead atoms. The third kappa shape index (κ3) is 3.57. The lowest BCUT2D eigenvalue weighted by Gasteiger charge is -2.04. The molecule has 20 heavy (non-hydrogen) atoms. The second kappa shape index (κ2) is 6.19. The molecule has 1 aromatic heterocycles. The predicted molar refractivity (Wildman–Crippen MR) is 81.5 cm³/mol. The fourth-order valence-corrected chi connectivity index (χ4v) is 1.82. The van der Waals surface area contributed by atoms with Gasteiger partial charge in [-0.2, -0.15) is 0 Å². The molecule has 4 nitrogen and oxygen atoms in total. The molecule has 4 heteroatoms. The van der Waals surface area contributed by atoms with Crippen LogP contribution in [0.3, 0.4) is 0 Å². The highest BCUT2D eigenvalue weighted by atomic mass is 16.1. The highest BCUT2D eigenvalue weighted by Gasteiger charge is 2.01. The number of aromatic amines is 1. The molecular weight excluding hydrogens is 252 g/mol. The van der Waals surface area contributed by atoms with Crippen LogP contribution in [0.25, 0.3) is 17.0 Å². The van der Waals surface area contributed by atoms with Gasteiger partial charge in [0.1, 0.15) is 0 Å². The molecule has 0 saturated heterocycles. The Hall–Kier alpha value is -2.36. The van der Waals surface area contributed by atoms with Crippen molar-refractivity contribution in [2.75, 3.05) is 6.54 Å². The Morgan fingerprint density at radius 2 is 2.10 bits per heavy atom. The zero-order valence-corrected chi connectivity index (χ0v) is 11.6. The first-order valence-corrected chi connectivity index (χ1v) is 6.64. The summed E-state index contributed by atoms with van der Waals surface area (Å²) in [6, 6.07) is 9.32. The number of rotatable bonds is 4. The van der Waals surface area contributed by atoms with Crippen molar-refractivity contribution in [2.24, 2.45) is 5.92 Å². The van der Waals surface area contributed by atoms with Crippen LogP contribution < -0.4 is 10.9 Å². The van der Waals surface area contributed by atoms with Gasteiger partial charge in [0.25, 0.3) is 5.56 Å². The average Bonchev–Trinajstić information content (AvgIpc) is 2.42. The van der Waals surface area contributed by atoms with Crippen LogP contribution in [0.2, 0.25) is 0 Å². The fourth-order valence-electron chi connectivity index (χ4n) is 1.82. The number of carbonyl (C=O) groups excluding carboxylic acids is 1. The monoisotopic (exact) mass is 270 g/mol. The normalized spacial score (nSPS) is 11.3. The quantitative estimate of drug-likeness (QED) is 0.837. The largest absolute Gasteiger partial charge is 0.352 e. The van der Waals surface area contributed by atoms with Crippen LogP contribution in [0, 0.1) is 5.92 Å². The summed E-state index contributed by atoms with van der Waals surface area (Å²) < 4.78 is 0. The zero-order chi connectivity index (χ0) is 14.5. The van der Waals surface area contributed by atoms with Gasteiger partial charge in [0, 0.05) is 23.7 Å². The van der Waals surface area contributed by atoms with E-state index in [4.69, 9.17) is 0 Å². The maximum Gasteiger partial charge on any atom is 0.255 e. The van der Waals surface area contributed by atoms with Crippen LogP contribution in [0.5, 0.6) is 0 Å². The molecule has 0 radical (unpaired) electrons. The van der Waals surface area contributed by atoms with Crippen molar-refractivity contribution in [2.45, 2.75) is 13.8 Å². The van der Waals surface area contributed by atoms with Gasteiger partial charge in [-0.1, -0.05) is 32.0 Å². The summed E-state index contributed by atoms with van der Waals surface area (Å²) in [4.78, 5) is 26.3. The van der Waals surface area contributed by atoms with Crippen molar-refractivity contribution >= 4 is 22.9 Å². The molecule has 2 aromatic rings. The molecule has 0 atom stereocenters. The van der Waals surface area contributed by atoms with Crippen molar-refractivity contribution < 1.29 is 4.79 Å². The van der Waals surface area contributed by atoms with Crippen molar-refractivity contribution in [1.29, 1.82) is 0 Å².